The second-order valence-corrected chi connectivity index (χ2v) is 25.6. The number of ether oxygens (including phenoxy) is 3. The fourth-order valence-electron chi connectivity index (χ4n) is 11.5. The Labute approximate surface area is 535 Å². The first-order valence-electron chi connectivity index (χ1n) is 37.1. The lowest BCUT2D eigenvalue weighted by molar-refractivity contribution is -0.302. The molecule has 1 aliphatic rings. The highest BCUT2D eigenvalue weighted by atomic mass is 16.7. The lowest BCUT2D eigenvalue weighted by Crippen LogP contribution is -2.60. The van der Waals surface area contributed by atoms with Crippen molar-refractivity contribution in [3.05, 3.63) is 60.8 Å². The van der Waals surface area contributed by atoms with E-state index in [1.165, 1.54) is 250 Å². The van der Waals surface area contributed by atoms with Crippen molar-refractivity contribution in [3.63, 3.8) is 0 Å². The van der Waals surface area contributed by atoms with Gasteiger partial charge in [0.05, 0.1) is 32.0 Å². The minimum atomic E-state index is -1.57. The van der Waals surface area contributed by atoms with E-state index in [4.69, 9.17) is 14.2 Å². The maximum absolute atomic E-state index is 13.0. The fraction of sp³-hybridized carbons (Fsp3) is 0.842. The van der Waals surface area contributed by atoms with Crippen LogP contribution >= 0.6 is 0 Å². The molecule has 0 aromatic heterocycles. The van der Waals surface area contributed by atoms with Gasteiger partial charge in [-0.1, -0.05) is 306 Å². The van der Waals surface area contributed by atoms with Gasteiger partial charge in [-0.3, -0.25) is 9.59 Å². The number of aliphatic hydroxyl groups is 5. The van der Waals surface area contributed by atoms with Gasteiger partial charge >= 0.3 is 5.97 Å². The predicted molar refractivity (Wildman–Crippen MR) is 366 cm³/mol. The first kappa shape index (κ1) is 82.4. The zero-order valence-electron chi connectivity index (χ0n) is 56.5. The molecule has 0 saturated carbocycles. The summed E-state index contributed by atoms with van der Waals surface area (Å²) in [4.78, 5) is 25.1. The number of allylic oxidation sites excluding steroid dienone is 9. The van der Waals surface area contributed by atoms with Gasteiger partial charge in [-0.15, -0.1) is 0 Å². The van der Waals surface area contributed by atoms with E-state index < -0.39 is 49.5 Å². The summed E-state index contributed by atoms with van der Waals surface area (Å²) in [5.74, 6) is -0.183. The summed E-state index contributed by atoms with van der Waals surface area (Å²) in [6.45, 7) is 4.27. The zero-order valence-corrected chi connectivity index (χ0v) is 56.5. The molecule has 0 aromatic carbocycles. The number of aliphatic hydroxyl groups excluding tert-OH is 5. The number of hydrogen-bond acceptors (Lipinski definition) is 10. The lowest BCUT2D eigenvalue weighted by atomic mass is 9.99. The standard InChI is InChI=1S/C76H139NO10/c1-3-5-7-9-11-13-14-40-44-48-52-56-60-64-72(81)85-65-61-57-53-49-45-42-39-37-35-33-31-29-27-25-23-21-19-17-15-16-18-20-22-24-26-28-30-32-34-36-38-41-43-47-51-55-59-63-71(80)77-68(69(79)62-58-54-50-46-12-10-8-6-4-2)67-86-76-75(84)74(83)73(82)70(66-78)87-76/h7,9,13-15,17,21,23,58,62,68-70,73-76,78-79,82-84H,3-6,8,10-12,16,18-20,22,24-57,59-61,63-67H2,1-2H3,(H,77,80)/b9-7-,14-13-,17-15-,23-21-,62-58+. The molecule has 6 N–H and O–H groups in total. The number of unbranched alkanes of at least 4 members (excludes halogenated alkanes) is 43. The quantitative estimate of drug-likeness (QED) is 0.0195. The van der Waals surface area contributed by atoms with E-state index in [1.54, 1.807) is 6.08 Å². The summed E-state index contributed by atoms with van der Waals surface area (Å²) in [5.41, 5.74) is 0. The molecule has 1 amide bonds. The highest BCUT2D eigenvalue weighted by Gasteiger charge is 2.44. The Bertz CT molecular complexity index is 1630. The first-order valence-corrected chi connectivity index (χ1v) is 37.1. The number of amides is 1. The number of hydrogen-bond donors (Lipinski definition) is 6. The highest BCUT2D eigenvalue weighted by molar-refractivity contribution is 5.76. The van der Waals surface area contributed by atoms with Crippen molar-refractivity contribution in [2.24, 2.45) is 0 Å². The monoisotopic (exact) mass is 1230 g/mol. The third-order valence-corrected chi connectivity index (χ3v) is 17.3. The summed E-state index contributed by atoms with van der Waals surface area (Å²) in [6, 6.07) is -0.807. The molecular weight excluding hydrogens is 1090 g/mol. The summed E-state index contributed by atoms with van der Waals surface area (Å²) in [6.07, 6.45) is 76.8. The molecule has 11 nitrogen and oxygen atoms in total. The highest BCUT2D eigenvalue weighted by Crippen LogP contribution is 2.23. The van der Waals surface area contributed by atoms with Gasteiger partial charge in [-0.05, 0) is 89.9 Å². The molecule has 1 rings (SSSR count). The van der Waals surface area contributed by atoms with Crippen molar-refractivity contribution in [1.29, 1.82) is 0 Å². The van der Waals surface area contributed by atoms with Crippen LogP contribution in [0.25, 0.3) is 0 Å². The van der Waals surface area contributed by atoms with Crippen molar-refractivity contribution in [3.8, 4) is 0 Å². The van der Waals surface area contributed by atoms with Gasteiger partial charge in [-0.25, -0.2) is 0 Å². The average molecular weight is 1230 g/mol. The van der Waals surface area contributed by atoms with E-state index in [1.807, 2.05) is 6.08 Å². The number of rotatable bonds is 65. The van der Waals surface area contributed by atoms with Crippen molar-refractivity contribution in [1.82, 2.24) is 5.32 Å². The molecule has 87 heavy (non-hydrogen) atoms. The fourth-order valence-corrected chi connectivity index (χ4v) is 11.5. The van der Waals surface area contributed by atoms with E-state index >= 15 is 0 Å². The molecule has 0 spiro atoms. The Morgan fingerprint density at radius 1 is 0.425 bits per heavy atom. The molecule has 1 saturated heterocycles. The van der Waals surface area contributed by atoms with Crippen molar-refractivity contribution < 1.29 is 49.3 Å². The van der Waals surface area contributed by atoms with Gasteiger partial charge < -0.3 is 45.1 Å². The predicted octanol–water partition coefficient (Wildman–Crippen LogP) is 19.3. The Kier molecular flexibility index (Phi) is 61.4. The zero-order chi connectivity index (χ0) is 63.0. The molecule has 1 heterocycles. The van der Waals surface area contributed by atoms with Crippen LogP contribution in [0.5, 0.6) is 0 Å². The maximum atomic E-state index is 13.0. The first-order chi connectivity index (χ1) is 42.7. The van der Waals surface area contributed by atoms with E-state index in [-0.39, 0.29) is 18.5 Å². The Hall–Kier alpha value is -2.64. The lowest BCUT2D eigenvalue weighted by Gasteiger charge is -2.40. The third-order valence-electron chi connectivity index (χ3n) is 17.3. The van der Waals surface area contributed by atoms with Crippen LogP contribution in [0.15, 0.2) is 60.8 Å². The van der Waals surface area contributed by atoms with Crippen LogP contribution in [-0.4, -0.2) is 100 Å². The Balaban J connectivity index is 1.89. The summed E-state index contributed by atoms with van der Waals surface area (Å²) < 4.78 is 16.7. The van der Waals surface area contributed by atoms with Crippen LogP contribution in [0.3, 0.4) is 0 Å². The Morgan fingerprint density at radius 3 is 1.21 bits per heavy atom. The van der Waals surface area contributed by atoms with Crippen molar-refractivity contribution in [2.75, 3.05) is 19.8 Å². The van der Waals surface area contributed by atoms with Gasteiger partial charge in [-0.2, -0.15) is 0 Å². The smallest absolute Gasteiger partial charge is 0.305 e. The van der Waals surface area contributed by atoms with E-state index in [2.05, 4.69) is 67.8 Å². The van der Waals surface area contributed by atoms with Gasteiger partial charge in [0, 0.05) is 12.8 Å². The van der Waals surface area contributed by atoms with Gasteiger partial charge in [0.25, 0.3) is 0 Å². The van der Waals surface area contributed by atoms with E-state index in [0.29, 0.717) is 19.4 Å². The second-order valence-electron chi connectivity index (χ2n) is 25.6. The van der Waals surface area contributed by atoms with Crippen LogP contribution in [0.2, 0.25) is 0 Å². The summed E-state index contributed by atoms with van der Waals surface area (Å²) in [5, 5.41) is 54.3. The largest absolute Gasteiger partial charge is 0.466 e. The number of nitrogens with one attached hydrogen (secondary N) is 1. The molecule has 11 heteroatoms. The van der Waals surface area contributed by atoms with Crippen LogP contribution in [-0.2, 0) is 23.8 Å². The third kappa shape index (κ3) is 53.7. The Morgan fingerprint density at radius 2 is 0.793 bits per heavy atom. The average Bonchev–Trinajstić information content (AvgIpc) is 3.11. The summed E-state index contributed by atoms with van der Waals surface area (Å²) >= 11 is 0. The molecule has 1 aliphatic heterocycles. The molecule has 508 valence electrons. The van der Waals surface area contributed by atoms with Crippen molar-refractivity contribution >= 4 is 11.9 Å². The van der Waals surface area contributed by atoms with Crippen LogP contribution < -0.4 is 5.32 Å². The van der Waals surface area contributed by atoms with Crippen molar-refractivity contribution in [2.45, 2.75) is 391 Å². The molecular formula is C76H139NO10. The molecule has 0 aliphatic carbocycles. The minimum absolute atomic E-state index is 0.00309. The molecule has 0 bridgehead atoms. The van der Waals surface area contributed by atoms with Crippen LogP contribution in [0, 0.1) is 0 Å². The van der Waals surface area contributed by atoms with Gasteiger partial charge in [0.1, 0.15) is 24.4 Å². The maximum Gasteiger partial charge on any atom is 0.305 e. The van der Waals surface area contributed by atoms with Gasteiger partial charge in [0.2, 0.25) is 5.91 Å². The topological polar surface area (TPSA) is 175 Å². The molecule has 7 atom stereocenters. The second kappa shape index (κ2) is 64.9. The number of carbonyl (C=O) groups excluding carboxylic acids is 2. The van der Waals surface area contributed by atoms with E-state index in [0.717, 1.165) is 70.6 Å². The number of carbonyl (C=O) groups is 2. The number of esters is 1. The normalized spacial score (nSPS) is 18.2. The van der Waals surface area contributed by atoms with Crippen LogP contribution in [0.4, 0.5) is 0 Å². The molecule has 0 aromatic rings. The van der Waals surface area contributed by atoms with Gasteiger partial charge in [0.15, 0.2) is 6.29 Å². The van der Waals surface area contributed by atoms with Crippen LogP contribution in [0.1, 0.15) is 348 Å². The molecule has 0 radical (unpaired) electrons. The summed E-state index contributed by atoms with van der Waals surface area (Å²) in [7, 11) is 0. The molecule has 1 fully saturated rings. The molecule has 7 unspecified atom stereocenters. The van der Waals surface area contributed by atoms with E-state index in [9.17, 15) is 35.1 Å². The minimum Gasteiger partial charge on any atom is -0.466 e. The SMILES string of the molecule is CCC/C=C\C/C=C\CCCCCCCC(=O)OCCCCCCCCCCCCCCC/C=C\C/C=C\CCCCCCCCCCCCCCCCCCCC(=O)NC(COC1OC(CO)C(O)C(O)C1O)C(O)/C=C/CCCCCCCCC.